The van der Waals surface area contributed by atoms with E-state index in [0.717, 1.165) is 22.9 Å². The van der Waals surface area contributed by atoms with Crippen molar-refractivity contribution in [3.8, 4) is 11.3 Å². The number of aromatic nitrogens is 2. The number of nitrogens with zero attached hydrogens (tertiary/aromatic N) is 2. The van der Waals surface area contributed by atoms with Gasteiger partial charge in [-0.25, -0.2) is 13.6 Å². The summed E-state index contributed by atoms with van der Waals surface area (Å²) in [7, 11) is 1.41. The Morgan fingerprint density at radius 2 is 2.11 bits per heavy atom. The average molecular weight is 317 g/mol. The molecule has 1 heterocycles. The van der Waals surface area contributed by atoms with Gasteiger partial charge in [-0.05, 0) is 34.1 Å². The molecule has 1 aromatic carbocycles. The van der Waals surface area contributed by atoms with Crippen molar-refractivity contribution in [1.82, 2.24) is 9.78 Å². The Labute approximate surface area is 109 Å². The van der Waals surface area contributed by atoms with Crippen LogP contribution in [-0.4, -0.2) is 20.9 Å². The molecule has 1 aromatic heterocycles. The van der Waals surface area contributed by atoms with Crippen molar-refractivity contribution in [3.63, 3.8) is 0 Å². The van der Waals surface area contributed by atoms with Crippen LogP contribution in [0.4, 0.5) is 8.78 Å². The third-order valence-electron chi connectivity index (χ3n) is 2.38. The summed E-state index contributed by atoms with van der Waals surface area (Å²) >= 11 is 3.04. The van der Waals surface area contributed by atoms with Crippen LogP contribution < -0.4 is 0 Å². The topological polar surface area (TPSA) is 55.1 Å². The highest BCUT2D eigenvalue weighted by atomic mass is 79.9. The lowest BCUT2D eigenvalue weighted by Crippen LogP contribution is -2.05. The average Bonchev–Trinajstić information content (AvgIpc) is 2.57. The van der Waals surface area contributed by atoms with Crippen LogP contribution in [0.5, 0.6) is 0 Å². The standard InChI is InChI=1S/C11H7BrF2N2O2/c1-16-10(11(17)18)8(12)9(15-16)6-4-5(13)2-3-7(6)14/h2-4H,1H3,(H,17,18). The van der Waals surface area contributed by atoms with Gasteiger partial charge in [-0.2, -0.15) is 5.10 Å². The van der Waals surface area contributed by atoms with Crippen LogP contribution in [0, 0.1) is 11.6 Å². The summed E-state index contributed by atoms with van der Waals surface area (Å²) in [4.78, 5) is 11.0. The van der Waals surface area contributed by atoms with E-state index in [1.165, 1.54) is 7.05 Å². The lowest BCUT2D eigenvalue weighted by atomic mass is 10.1. The summed E-state index contributed by atoms with van der Waals surface area (Å²) in [5.74, 6) is -2.51. The largest absolute Gasteiger partial charge is 0.476 e. The van der Waals surface area contributed by atoms with Gasteiger partial charge in [0.15, 0.2) is 5.69 Å². The van der Waals surface area contributed by atoms with Crippen molar-refractivity contribution in [1.29, 1.82) is 0 Å². The molecule has 4 nitrogen and oxygen atoms in total. The molecule has 1 N–H and O–H groups in total. The summed E-state index contributed by atoms with van der Waals surface area (Å²) in [6.07, 6.45) is 0. The minimum atomic E-state index is -1.21. The lowest BCUT2D eigenvalue weighted by molar-refractivity contribution is 0.0684. The van der Waals surface area contributed by atoms with Crippen LogP contribution in [0.2, 0.25) is 0 Å². The van der Waals surface area contributed by atoms with Crippen molar-refractivity contribution in [2.24, 2.45) is 7.05 Å². The summed E-state index contributed by atoms with van der Waals surface area (Å²) in [5.41, 5.74) is -0.175. The number of carboxylic acids is 1. The molecule has 2 rings (SSSR count). The molecular formula is C11H7BrF2N2O2. The van der Waals surface area contributed by atoms with E-state index in [9.17, 15) is 13.6 Å². The molecule has 2 aromatic rings. The predicted molar refractivity (Wildman–Crippen MR) is 63.2 cm³/mol. The van der Waals surface area contributed by atoms with E-state index in [1.807, 2.05) is 0 Å². The minimum absolute atomic E-state index is 0.0481. The molecule has 7 heteroatoms. The number of rotatable bonds is 2. The van der Waals surface area contributed by atoms with Crippen LogP contribution >= 0.6 is 15.9 Å². The third-order valence-corrected chi connectivity index (χ3v) is 3.13. The molecule has 0 saturated heterocycles. The smallest absolute Gasteiger partial charge is 0.355 e. The minimum Gasteiger partial charge on any atom is -0.476 e. The molecule has 0 saturated carbocycles. The second kappa shape index (κ2) is 4.49. The Kier molecular flexibility index (Phi) is 3.16. The second-order valence-corrected chi connectivity index (χ2v) is 4.36. The SMILES string of the molecule is Cn1nc(-c2cc(F)ccc2F)c(Br)c1C(=O)O. The van der Waals surface area contributed by atoms with Crippen LogP contribution in [-0.2, 0) is 7.05 Å². The number of carbonyl (C=O) groups is 1. The van der Waals surface area contributed by atoms with Gasteiger partial charge in [0.2, 0.25) is 0 Å². The number of hydrogen-bond donors (Lipinski definition) is 1. The molecule has 0 amide bonds. The van der Waals surface area contributed by atoms with Crippen LogP contribution in [0.3, 0.4) is 0 Å². The molecular weight excluding hydrogens is 310 g/mol. The Bertz CT molecular complexity index is 640. The molecule has 0 atom stereocenters. The van der Waals surface area contributed by atoms with E-state index in [4.69, 9.17) is 5.11 Å². The highest BCUT2D eigenvalue weighted by Gasteiger charge is 2.22. The fraction of sp³-hybridized carbons (Fsp3) is 0.0909. The normalized spacial score (nSPS) is 10.7. The zero-order valence-corrected chi connectivity index (χ0v) is 10.7. The predicted octanol–water partition coefficient (Wildman–Crippen LogP) is 2.83. The number of halogens is 3. The maximum atomic E-state index is 13.6. The molecule has 0 aliphatic heterocycles. The van der Waals surface area contributed by atoms with Crippen LogP contribution in [0.15, 0.2) is 22.7 Å². The van der Waals surface area contributed by atoms with Crippen molar-refractivity contribution >= 4 is 21.9 Å². The van der Waals surface area contributed by atoms with Gasteiger partial charge in [0.25, 0.3) is 0 Å². The lowest BCUT2D eigenvalue weighted by Gasteiger charge is -2.00. The van der Waals surface area contributed by atoms with E-state index in [1.54, 1.807) is 0 Å². The first kappa shape index (κ1) is 12.7. The summed E-state index contributed by atoms with van der Waals surface area (Å²) < 4.78 is 27.9. The Balaban J connectivity index is 2.69. The molecule has 94 valence electrons. The van der Waals surface area contributed by atoms with Crippen molar-refractivity contribution in [2.45, 2.75) is 0 Å². The van der Waals surface area contributed by atoms with Gasteiger partial charge < -0.3 is 5.11 Å². The van der Waals surface area contributed by atoms with Crippen molar-refractivity contribution < 1.29 is 18.7 Å². The first-order valence-electron chi connectivity index (χ1n) is 4.83. The van der Waals surface area contributed by atoms with Crippen molar-refractivity contribution in [3.05, 3.63) is 40.0 Å². The molecule has 0 unspecified atom stereocenters. The van der Waals surface area contributed by atoms with Gasteiger partial charge in [0.1, 0.15) is 17.3 Å². The highest BCUT2D eigenvalue weighted by molar-refractivity contribution is 9.10. The number of carboxylic acid groups (broad SMARTS) is 1. The van der Waals surface area contributed by atoms with Gasteiger partial charge in [-0.15, -0.1) is 0 Å². The quantitative estimate of drug-likeness (QED) is 0.927. The van der Waals surface area contributed by atoms with Crippen LogP contribution in [0.25, 0.3) is 11.3 Å². The van der Waals surface area contributed by atoms with Gasteiger partial charge in [0, 0.05) is 12.6 Å². The van der Waals surface area contributed by atoms with E-state index < -0.39 is 17.6 Å². The molecule has 0 aliphatic carbocycles. The first-order chi connectivity index (χ1) is 8.41. The third kappa shape index (κ3) is 2.01. The van der Waals surface area contributed by atoms with Gasteiger partial charge in [-0.1, -0.05) is 0 Å². The molecule has 18 heavy (non-hydrogen) atoms. The fourth-order valence-corrected chi connectivity index (χ4v) is 2.30. The number of benzene rings is 1. The highest BCUT2D eigenvalue weighted by Crippen LogP contribution is 2.32. The molecule has 0 spiro atoms. The fourth-order valence-electron chi connectivity index (χ4n) is 1.58. The van der Waals surface area contributed by atoms with E-state index >= 15 is 0 Å². The Morgan fingerprint density at radius 1 is 1.44 bits per heavy atom. The zero-order chi connectivity index (χ0) is 13.4. The summed E-state index contributed by atoms with van der Waals surface area (Å²) in [5, 5.41) is 12.9. The van der Waals surface area contributed by atoms with E-state index in [-0.39, 0.29) is 21.4 Å². The number of aryl methyl sites for hydroxylation is 1. The maximum Gasteiger partial charge on any atom is 0.355 e. The molecule has 0 fully saturated rings. The van der Waals surface area contributed by atoms with E-state index in [0.29, 0.717) is 0 Å². The molecule has 0 bridgehead atoms. The van der Waals surface area contributed by atoms with E-state index in [2.05, 4.69) is 21.0 Å². The van der Waals surface area contributed by atoms with Gasteiger partial charge in [-0.3, -0.25) is 4.68 Å². The molecule has 0 radical (unpaired) electrons. The van der Waals surface area contributed by atoms with Crippen LogP contribution in [0.1, 0.15) is 10.5 Å². The molecule has 0 aliphatic rings. The monoisotopic (exact) mass is 316 g/mol. The Morgan fingerprint density at radius 3 is 2.67 bits per heavy atom. The summed E-state index contributed by atoms with van der Waals surface area (Å²) in [6.45, 7) is 0. The zero-order valence-electron chi connectivity index (χ0n) is 9.12. The number of hydrogen-bond acceptors (Lipinski definition) is 2. The number of aromatic carboxylic acids is 1. The first-order valence-corrected chi connectivity index (χ1v) is 5.62. The van der Waals surface area contributed by atoms with Crippen molar-refractivity contribution in [2.75, 3.05) is 0 Å². The summed E-state index contributed by atoms with van der Waals surface area (Å²) in [6, 6.07) is 2.91. The Hall–Kier alpha value is -1.76. The van der Waals surface area contributed by atoms with Gasteiger partial charge in [0.05, 0.1) is 4.47 Å². The maximum absolute atomic E-state index is 13.6. The second-order valence-electron chi connectivity index (χ2n) is 3.56. The van der Waals surface area contributed by atoms with Gasteiger partial charge >= 0.3 is 5.97 Å².